The molecule has 1 fully saturated rings. The monoisotopic (exact) mass is 476 g/mol. The number of rotatable bonds is 12. The molecule has 0 radical (unpaired) electrons. The summed E-state index contributed by atoms with van der Waals surface area (Å²) >= 11 is 0. The summed E-state index contributed by atoms with van der Waals surface area (Å²) in [6.07, 6.45) is 2.11. The van der Waals surface area contributed by atoms with Crippen LogP contribution >= 0.6 is 0 Å². The number of carboxylic acids is 1. The molecular weight excluding hydrogens is 440 g/mol. The van der Waals surface area contributed by atoms with Crippen molar-refractivity contribution in [1.29, 1.82) is 0 Å². The van der Waals surface area contributed by atoms with E-state index >= 15 is 0 Å². The molecule has 0 aliphatic carbocycles. The molecule has 1 saturated heterocycles. The normalized spacial score (nSPS) is 17.2. The SMILES string of the molecule is CC(C)[C@H](NC(=O)[C@@H](N)CCCCNC(=O)OCc1ccccc1)C(=O)N1CCC[C@H]1C(=O)O. The van der Waals surface area contributed by atoms with Gasteiger partial charge in [-0.15, -0.1) is 0 Å². The van der Waals surface area contributed by atoms with E-state index in [0.29, 0.717) is 45.2 Å². The van der Waals surface area contributed by atoms with Gasteiger partial charge in [0, 0.05) is 13.1 Å². The molecule has 3 amide bonds. The van der Waals surface area contributed by atoms with Gasteiger partial charge in [-0.1, -0.05) is 44.2 Å². The minimum Gasteiger partial charge on any atom is -0.480 e. The van der Waals surface area contributed by atoms with Gasteiger partial charge in [-0.3, -0.25) is 9.59 Å². The van der Waals surface area contributed by atoms with Crippen molar-refractivity contribution in [2.24, 2.45) is 11.7 Å². The van der Waals surface area contributed by atoms with Gasteiger partial charge in [-0.05, 0) is 43.6 Å². The summed E-state index contributed by atoms with van der Waals surface area (Å²) < 4.78 is 5.14. The Morgan fingerprint density at radius 1 is 1.18 bits per heavy atom. The number of hydrogen-bond donors (Lipinski definition) is 4. The summed E-state index contributed by atoms with van der Waals surface area (Å²) in [5, 5.41) is 14.7. The molecule has 0 unspecified atom stereocenters. The molecule has 5 N–H and O–H groups in total. The molecular formula is C24H36N4O6. The Hall–Kier alpha value is -3.14. The van der Waals surface area contributed by atoms with Crippen molar-refractivity contribution in [2.75, 3.05) is 13.1 Å². The van der Waals surface area contributed by atoms with Crippen LogP contribution in [0.15, 0.2) is 30.3 Å². The maximum absolute atomic E-state index is 12.9. The first-order valence-corrected chi connectivity index (χ1v) is 11.7. The number of aliphatic carboxylic acids is 1. The highest BCUT2D eigenvalue weighted by molar-refractivity contribution is 5.92. The quantitative estimate of drug-likeness (QED) is 0.335. The van der Waals surface area contributed by atoms with E-state index in [2.05, 4.69) is 10.6 Å². The van der Waals surface area contributed by atoms with Gasteiger partial charge in [0.25, 0.3) is 0 Å². The van der Waals surface area contributed by atoms with E-state index in [1.54, 1.807) is 13.8 Å². The first-order valence-electron chi connectivity index (χ1n) is 11.7. The number of benzene rings is 1. The van der Waals surface area contributed by atoms with Crippen molar-refractivity contribution in [1.82, 2.24) is 15.5 Å². The highest BCUT2D eigenvalue weighted by atomic mass is 16.5. The molecule has 34 heavy (non-hydrogen) atoms. The standard InChI is InChI=1S/C24H36N4O6/c1-16(2)20(22(30)28-14-8-12-19(28)23(31)32)27-21(29)18(25)11-6-7-13-26-24(33)34-15-17-9-4-3-5-10-17/h3-5,9-10,16,18-20H,6-8,11-15,25H2,1-2H3,(H,26,33)(H,27,29)(H,31,32)/t18-,19-,20-/m0/s1. The van der Waals surface area contributed by atoms with Crippen LogP contribution < -0.4 is 16.4 Å². The van der Waals surface area contributed by atoms with E-state index in [0.717, 1.165) is 5.56 Å². The summed E-state index contributed by atoms with van der Waals surface area (Å²) in [6.45, 7) is 4.53. The van der Waals surface area contributed by atoms with Crippen LogP contribution in [-0.4, -0.2) is 65.1 Å². The first-order chi connectivity index (χ1) is 16.2. The van der Waals surface area contributed by atoms with E-state index in [9.17, 15) is 24.3 Å². The first kappa shape index (κ1) is 27.1. The van der Waals surface area contributed by atoms with E-state index in [4.69, 9.17) is 10.5 Å². The molecule has 1 aromatic rings. The summed E-state index contributed by atoms with van der Waals surface area (Å²) in [7, 11) is 0. The predicted octanol–water partition coefficient (Wildman–Crippen LogP) is 1.63. The molecule has 1 heterocycles. The number of likely N-dealkylation sites (tertiary alicyclic amines) is 1. The third kappa shape index (κ3) is 8.33. The topological polar surface area (TPSA) is 151 Å². The van der Waals surface area contributed by atoms with Gasteiger partial charge in [-0.2, -0.15) is 0 Å². The van der Waals surface area contributed by atoms with Crippen LogP contribution in [0.2, 0.25) is 0 Å². The van der Waals surface area contributed by atoms with Crippen molar-refractivity contribution < 1.29 is 29.0 Å². The Bertz CT molecular complexity index is 832. The van der Waals surface area contributed by atoms with Gasteiger partial charge < -0.3 is 31.1 Å². The number of carboxylic acid groups (broad SMARTS) is 1. The molecule has 0 aromatic heterocycles. The molecule has 0 bridgehead atoms. The Morgan fingerprint density at radius 3 is 2.53 bits per heavy atom. The zero-order valence-electron chi connectivity index (χ0n) is 19.9. The third-order valence-electron chi connectivity index (χ3n) is 5.81. The second kappa shape index (κ2) is 13.5. The van der Waals surface area contributed by atoms with Crippen molar-refractivity contribution in [2.45, 2.75) is 70.7 Å². The zero-order valence-corrected chi connectivity index (χ0v) is 19.9. The fourth-order valence-electron chi connectivity index (χ4n) is 3.82. The van der Waals surface area contributed by atoms with E-state index < -0.39 is 42.0 Å². The number of unbranched alkanes of at least 4 members (excludes halogenated alkanes) is 1. The minimum atomic E-state index is -1.03. The number of nitrogens with two attached hydrogens (primary N) is 1. The van der Waals surface area contributed by atoms with Gasteiger partial charge in [0.1, 0.15) is 18.7 Å². The maximum atomic E-state index is 12.9. The number of alkyl carbamates (subject to hydrolysis) is 1. The molecule has 0 saturated carbocycles. The molecule has 3 atom stereocenters. The number of amides is 3. The van der Waals surface area contributed by atoms with Crippen LogP contribution in [0, 0.1) is 5.92 Å². The Labute approximate surface area is 200 Å². The molecule has 2 rings (SSSR count). The van der Waals surface area contributed by atoms with Gasteiger partial charge in [0.05, 0.1) is 6.04 Å². The molecule has 0 spiro atoms. The Kier molecular flexibility index (Phi) is 10.8. The van der Waals surface area contributed by atoms with Gasteiger partial charge in [0.2, 0.25) is 11.8 Å². The molecule has 188 valence electrons. The van der Waals surface area contributed by atoms with Crippen LogP contribution in [0.1, 0.15) is 51.5 Å². The van der Waals surface area contributed by atoms with E-state index in [1.807, 2.05) is 30.3 Å². The van der Waals surface area contributed by atoms with Crippen molar-refractivity contribution in [3.63, 3.8) is 0 Å². The molecule has 1 aliphatic rings. The zero-order chi connectivity index (χ0) is 25.1. The van der Waals surface area contributed by atoms with Gasteiger partial charge >= 0.3 is 12.1 Å². The summed E-state index contributed by atoms with van der Waals surface area (Å²) in [6, 6.07) is 6.86. The third-order valence-corrected chi connectivity index (χ3v) is 5.81. The van der Waals surface area contributed by atoms with E-state index in [-0.39, 0.29) is 12.5 Å². The second-order valence-corrected chi connectivity index (χ2v) is 8.85. The lowest BCUT2D eigenvalue weighted by atomic mass is 10.0. The summed E-state index contributed by atoms with van der Waals surface area (Å²) in [5.41, 5.74) is 6.90. The minimum absolute atomic E-state index is 0.193. The number of hydrogen-bond acceptors (Lipinski definition) is 6. The molecule has 1 aliphatic heterocycles. The van der Waals surface area contributed by atoms with Crippen LogP contribution in [0.5, 0.6) is 0 Å². The predicted molar refractivity (Wildman–Crippen MR) is 126 cm³/mol. The lowest BCUT2D eigenvalue weighted by Crippen LogP contribution is -2.56. The highest BCUT2D eigenvalue weighted by Gasteiger charge is 2.38. The fourth-order valence-corrected chi connectivity index (χ4v) is 3.82. The number of nitrogens with zero attached hydrogens (tertiary/aromatic N) is 1. The average Bonchev–Trinajstić information content (AvgIpc) is 3.31. The average molecular weight is 477 g/mol. The number of nitrogens with one attached hydrogen (secondary N) is 2. The second-order valence-electron chi connectivity index (χ2n) is 8.85. The van der Waals surface area contributed by atoms with Gasteiger partial charge in [0.15, 0.2) is 0 Å². The Balaban J connectivity index is 1.70. The van der Waals surface area contributed by atoms with Crippen LogP contribution in [0.25, 0.3) is 0 Å². The summed E-state index contributed by atoms with van der Waals surface area (Å²) in [4.78, 5) is 50.0. The van der Waals surface area contributed by atoms with Gasteiger partial charge in [-0.25, -0.2) is 9.59 Å². The van der Waals surface area contributed by atoms with Crippen molar-refractivity contribution >= 4 is 23.9 Å². The number of carbonyl (C=O) groups excluding carboxylic acids is 3. The molecule has 10 nitrogen and oxygen atoms in total. The largest absolute Gasteiger partial charge is 0.480 e. The number of ether oxygens (including phenoxy) is 1. The maximum Gasteiger partial charge on any atom is 0.407 e. The highest BCUT2D eigenvalue weighted by Crippen LogP contribution is 2.20. The fraction of sp³-hybridized carbons (Fsp3) is 0.583. The molecule has 1 aromatic carbocycles. The van der Waals surface area contributed by atoms with Crippen molar-refractivity contribution in [3.8, 4) is 0 Å². The van der Waals surface area contributed by atoms with Crippen molar-refractivity contribution in [3.05, 3.63) is 35.9 Å². The van der Waals surface area contributed by atoms with Crippen LogP contribution in [-0.2, 0) is 25.7 Å². The Morgan fingerprint density at radius 2 is 1.88 bits per heavy atom. The molecule has 10 heteroatoms. The van der Waals surface area contributed by atoms with Crippen LogP contribution in [0.4, 0.5) is 4.79 Å². The lowest BCUT2D eigenvalue weighted by molar-refractivity contribution is -0.150. The lowest BCUT2D eigenvalue weighted by Gasteiger charge is -2.30. The number of carbonyl (C=O) groups is 4. The van der Waals surface area contributed by atoms with E-state index in [1.165, 1.54) is 4.90 Å². The van der Waals surface area contributed by atoms with Crippen LogP contribution in [0.3, 0.4) is 0 Å². The summed E-state index contributed by atoms with van der Waals surface area (Å²) in [5.74, 6) is -2.09. The smallest absolute Gasteiger partial charge is 0.407 e.